The predicted molar refractivity (Wildman–Crippen MR) is 98.3 cm³/mol. The molecule has 0 aliphatic carbocycles. The van der Waals surface area contributed by atoms with Gasteiger partial charge in [0, 0.05) is 26.2 Å². The molecule has 2 aliphatic heterocycles. The zero-order chi connectivity index (χ0) is 19.3. The van der Waals surface area contributed by atoms with Gasteiger partial charge in [-0.15, -0.1) is 0 Å². The molecule has 0 radical (unpaired) electrons. The van der Waals surface area contributed by atoms with Gasteiger partial charge in [-0.2, -0.15) is 17.0 Å². The molecule has 0 bridgehead atoms. The van der Waals surface area contributed by atoms with Crippen LogP contribution in [0.1, 0.15) is 37.7 Å². The standard InChI is InChI=1S/C18H26FN3O4S/c19-16-6-4-15(5-7-16)14-18(23)20-26-17-8-12-22(13-9-17)27(24,25)21-10-2-1-3-11-21/h4-7,17H,1-3,8-14H2,(H,20,23). The lowest BCUT2D eigenvalue weighted by molar-refractivity contribution is -0.139. The van der Waals surface area contributed by atoms with Crippen LogP contribution in [0.2, 0.25) is 0 Å². The van der Waals surface area contributed by atoms with E-state index in [1.807, 2.05) is 0 Å². The molecular formula is C18H26FN3O4S. The molecule has 3 rings (SSSR count). The van der Waals surface area contributed by atoms with Gasteiger partial charge in [0.1, 0.15) is 5.82 Å². The zero-order valence-corrected chi connectivity index (χ0v) is 16.1. The van der Waals surface area contributed by atoms with Crippen LogP contribution in [0, 0.1) is 5.82 Å². The number of nitrogens with zero attached hydrogens (tertiary/aromatic N) is 2. The molecular weight excluding hydrogens is 373 g/mol. The molecule has 0 atom stereocenters. The van der Waals surface area contributed by atoms with Crippen LogP contribution in [-0.2, 0) is 26.3 Å². The summed E-state index contributed by atoms with van der Waals surface area (Å²) in [7, 11) is -3.39. The number of piperidine rings is 2. The summed E-state index contributed by atoms with van der Waals surface area (Å²) in [6, 6.07) is 5.72. The molecule has 1 aromatic carbocycles. The third-order valence-electron chi connectivity index (χ3n) is 4.99. The van der Waals surface area contributed by atoms with Gasteiger partial charge in [-0.3, -0.25) is 9.63 Å². The first-order valence-electron chi connectivity index (χ1n) is 9.39. The highest BCUT2D eigenvalue weighted by atomic mass is 32.2. The molecule has 2 aliphatic rings. The maximum absolute atomic E-state index is 12.9. The Morgan fingerprint density at radius 3 is 2.26 bits per heavy atom. The van der Waals surface area contributed by atoms with Gasteiger partial charge in [0.05, 0.1) is 12.5 Å². The molecule has 7 nitrogen and oxygen atoms in total. The van der Waals surface area contributed by atoms with Gasteiger partial charge in [-0.25, -0.2) is 9.87 Å². The maximum atomic E-state index is 12.9. The van der Waals surface area contributed by atoms with Crippen LogP contribution in [0.3, 0.4) is 0 Å². The second kappa shape index (κ2) is 9.09. The molecule has 2 fully saturated rings. The highest BCUT2D eigenvalue weighted by Gasteiger charge is 2.33. The third-order valence-corrected chi connectivity index (χ3v) is 7.02. The summed E-state index contributed by atoms with van der Waals surface area (Å²) < 4.78 is 41.3. The summed E-state index contributed by atoms with van der Waals surface area (Å²) in [5.74, 6) is -0.661. The summed E-state index contributed by atoms with van der Waals surface area (Å²) in [6.07, 6.45) is 3.86. The van der Waals surface area contributed by atoms with Gasteiger partial charge < -0.3 is 0 Å². The number of halogens is 1. The molecule has 0 aromatic heterocycles. The summed E-state index contributed by atoms with van der Waals surface area (Å²) in [5.41, 5.74) is 3.12. The first-order valence-corrected chi connectivity index (χ1v) is 10.8. The van der Waals surface area contributed by atoms with E-state index in [1.165, 1.54) is 16.4 Å². The van der Waals surface area contributed by atoms with Gasteiger partial charge in [-0.1, -0.05) is 18.6 Å². The van der Waals surface area contributed by atoms with Crippen molar-refractivity contribution in [1.82, 2.24) is 14.1 Å². The number of rotatable bonds is 6. The lowest BCUT2D eigenvalue weighted by atomic mass is 10.1. The molecule has 2 heterocycles. The molecule has 1 amide bonds. The van der Waals surface area contributed by atoms with E-state index < -0.39 is 10.2 Å². The van der Waals surface area contributed by atoms with Crippen LogP contribution < -0.4 is 5.48 Å². The van der Waals surface area contributed by atoms with Crippen molar-refractivity contribution in [2.45, 2.75) is 44.6 Å². The van der Waals surface area contributed by atoms with Crippen molar-refractivity contribution < 1.29 is 22.4 Å². The minimum atomic E-state index is -3.39. The van der Waals surface area contributed by atoms with Crippen molar-refractivity contribution >= 4 is 16.1 Å². The summed E-state index contributed by atoms with van der Waals surface area (Å²) in [5, 5.41) is 0. The van der Waals surface area contributed by atoms with E-state index >= 15 is 0 Å². The molecule has 0 unspecified atom stereocenters. The molecule has 2 saturated heterocycles. The van der Waals surface area contributed by atoms with Crippen LogP contribution in [0.5, 0.6) is 0 Å². The normalized spacial score (nSPS) is 20.5. The van der Waals surface area contributed by atoms with Crippen LogP contribution in [0.25, 0.3) is 0 Å². The van der Waals surface area contributed by atoms with Crippen LogP contribution >= 0.6 is 0 Å². The average Bonchev–Trinajstić information content (AvgIpc) is 2.69. The Labute approximate surface area is 159 Å². The summed E-state index contributed by atoms with van der Waals surface area (Å²) >= 11 is 0. The second-order valence-corrected chi connectivity index (χ2v) is 8.94. The van der Waals surface area contributed by atoms with Crippen LogP contribution in [-0.4, -0.2) is 55.2 Å². The Morgan fingerprint density at radius 2 is 1.63 bits per heavy atom. The Hall–Kier alpha value is -1.55. The van der Waals surface area contributed by atoms with E-state index in [2.05, 4.69) is 5.48 Å². The minimum Gasteiger partial charge on any atom is -0.272 e. The lowest BCUT2D eigenvalue weighted by Gasteiger charge is -2.35. The highest BCUT2D eigenvalue weighted by Crippen LogP contribution is 2.21. The molecule has 1 aromatic rings. The van der Waals surface area contributed by atoms with Crippen molar-refractivity contribution in [2.75, 3.05) is 26.2 Å². The number of nitrogens with one attached hydrogen (secondary N) is 1. The van der Waals surface area contributed by atoms with Gasteiger partial charge in [-0.05, 0) is 43.4 Å². The molecule has 9 heteroatoms. The fourth-order valence-electron chi connectivity index (χ4n) is 3.41. The number of carbonyl (C=O) groups excluding carboxylic acids is 1. The average molecular weight is 399 g/mol. The Balaban J connectivity index is 1.41. The lowest BCUT2D eigenvalue weighted by Crippen LogP contribution is -2.50. The number of amides is 1. The number of hydroxylamine groups is 1. The smallest absolute Gasteiger partial charge is 0.272 e. The van der Waals surface area contributed by atoms with E-state index in [4.69, 9.17) is 4.84 Å². The van der Waals surface area contributed by atoms with Gasteiger partial charge in [0.25, 0.3) is 10.2 Å². The highest BCUT2D eigenvalue weighted by molar-refractivity contribution is 7.86. The van der Waals surface area contributed by atoms with Crippen LogP contribution in [0.4, 0.5) is 4.39 Å². The topological polar surface area (TPSA) is 79.0 Å². The Morgan fingerprint density at radius 1 is 1.04 bits per heavy atom. The number of carbonyl (C=O) groups is 1. The fourth-order valence-corrected chi connectivity index (χ4v) is 5.13. The number of hydrogen-bond donors (Lipinski definition) is 1. The zero-order valence-electron chi connectivity index (χ0n) is 15.3. The number of hydrogen-bond acceptors (Lipinski definition) is 4. The largest absolute Gasteiger partial charge is 0.281 e. The first-order chi connectivity index (χ1) is 12.9. The summed E-state index contributed by atoms with van der Waals surface area (Å²) in [4.78, 5) is 17.4. The molecule has 0 saturated carbocycles. The molecule has 1 N–H and O–H groups in total. The van der Waals surface area contributed by atoms with E-state index in [0.29, 0.717) is 44.6 Å². The van der Waals surface area contributed by atoms with Crippen molar-refractivity contribution in [2.24, 2.45) is 0 Å². The monoisotopic (exact) mass is 399 g/mol. The van der Waals surface area contributed by atoms with Crippen molar-refractivity contribution in [1.29, 1.82) is 0 Å². The molecule has 27 heavy (non-hydrogen) atoms. The Kier molecular flexibility index (Phi) is 6.80. The third kappa shape index (κ3) is 5.47. The van der Waals surface area contributed by atoms with Gasteiger partial charge in [0.2, 0.25) is 5.91 Å². The predicted octanol–water partition coefficient (Wildman–Crippen LogP) is 1.61. The Bertz CT molecular complexity index is 727. The van der Waals surface area contributed by atoms with Gasteiger partial charge >= 0.3 is 0 Å². The van der Waals surface area contributed by atoms with E-state index in [0.717, 1.165) is 19.3 Å². The fraction of sp³-hybridized carbons (Fsp3) is 0.611. The SMILES string of the molecule is O=C(Cc1ccc(F)cc1)NOC1CCN(S(=O)(=O)N2CCCCC2)CC1. The van der Waals surface area contributed by atoms with Gasteiger partial charge in [0.15, 0.2) is 0 Å². The summed E-state index contributed by atoms with van der Waals surface area (Å²) in [6.45, 7) is 1.96. The van der Waals surface area contributed by atoms with Crippen molar-refractivity contribution in [3.05, 3.63) is 35.6 Å². The van der Waals surface area contributed by atoms with E-state index in [1.54, 1.807) is 16.4 Å². The maximum Gasteiger partial charge on any atom is 0.281 e. The van der Waals surface area contributed by atoms with Crippen LogP contribution in [0.15, 0.2) is 24.3 Å². The van der Waals surface area contributed by atoms with Crippen molar-refractivity contribution in [3.63, 3.8) is 0 Å². The van der Waals surface area contributed by atoms with Crippen molar-refractivity contribution in [3.8, 4) is 0 Å². The minimum absolute atomic E-state index is 0.0997. The second-order valence-electron chi connectivity index (χ2n) is 7.01. The first kappa shape index (κ1) is 20.2. The molecule has 0 spiro atoms. The van der Waals surface area contributed by atoms with E-state index in [9.17, 15) is 17.6 Å². The molecule has 150 valence electrons. The van der Waals surface area contributed by atoms with E-state index in [-0.39, 0.29) is 24.2 Å². The number of benzene rings is 1. The quantitative estimate of drug-likeness (QED) is 0.737.